The average Bonchev–Trinajstić information content (AvgIpc) is 3.35. The lowest BCUT2D eigenvalue weighted by Gasteiger charge is -2.10. The van der Waals surface area contributed by atoms with Crippen molar-refractivity contribution in [2.24, 2.45) is 0 Å². The Balaban J connectivity index is 1.64. The van der Waals surface area contributed by atoms with Gasteiger partial charge < -0.3 is 14.8 Å². The third-order valence-electron chi connectivity index (χ3n) is 4.29. The van der Waals surface area contributed by atoms with Gasteiger partial charge in [-0.2, -0.15) is 0 Å². The first-order valence-corrected chi connectivity index (χ1v) is 12.3. The van der Waals surface area contributed by atoms with Crippen LogP contribution in [0, 0.1) is 12.7 Å². The lowest BCUT2D eigenvalue weighted by atomic mass is 10.3. The Hall–Kier alpha value is -2.89. The molecule has 3 rings (SSSR count). The van der Waals surface area contributed by atoms with Crippen LogP contribution >= 0.6 is 34.7 Å². The summed E-state index contributed by atoms with van der Waals surface area (Å²) in [7, 11) is 0. The number of nitrogens with zero attached hydrogens (tertiary/aromatic N) is 3. The number of aryl methyl sites for hydroxylation is 1. The van der Waals surface area contributed by atoms with Crippen LogP contribution < -0.4 is 10.1 Å². The van der Waals surface area contributed by atoms with Gasteiger partial charge in [0.1, 0.15) is 23.2 Å². The second kappa shape index (κ2) is 12.0. The van der Waals surface area contributed by atoms with Crippen LogP contribution in [0.5, 0.6) is 5.75 Å². The van der Waals surface area contributed by atoms with Crippen molar-refractivity contribution < 1.29 is 23.5 Å². The van der Waals surface area contributed by atoms with Gasteiger partial charge in [0.15, 0.2) is 11.0 Å². The monoisotopic (exact) mass is 524 g/mol. The van der Waals surface area contributed by atoms with Crippen LogP contribution in [-0.4, -0.2) is 39.0 Å². The molecule has 0 saturated carbocycles. The Labute approximate surface area is 209 Å². The highest BCUT2D eigenvalue weighted by atomic mass is 35.5. The number of anilines is 1. The quantitative estimate of drug-likeness (QED) is 0.211. The van der Waals surface area contributed by atoms with Gasteiger partial charge in [-0.15, -0.1) is 28.1 Å². The summed E-state index contributed by atoms with van der Waals surface area (Å²) in [6, 6.07) is 5.53. The molecule has 1 aromatic carbocycles. The molecule has 0 bridgehead atoms. The van der Waals surface area contributed by atoms with E-state index in [2.05, 4.69) is 22.1 Å². The van der Waals surface area contributed by atoms with Gasteiger partial charge in [0.05, 0.1) is 22.9 Å². The zero-order chi connectivity index (χ0) is 24.7. The molecule has 0 atom stereocenters. The topological polar surface area (TPSA) is 95.3 Å². The summed E-state index contributed by atoms with van der Waals surface area (Å²) in [5, 5.41) is 12.1. The molecule has 0 aliphatic heterocycles. The van der Waals surface area contributed by atoms with Gasteiger partial charge in [0, 0.05) is 11.4 Å². The zero-order valence-electron chi connectivity index (χ0n) is 18.5. The summed E-state index contributed by atoms with van der Waals surface area (Å²) in [5.74, 6) is -0.404. The molecule has 0 radical (unpaired) electrons. The molecule has 0 fully saturated rings. The first-order valence-electron chi connectivity index (χ1n) is 10.1. The lowest BCUT2D eigenvalue weighted by Crippen LogP contribution is -2.16. The van der Waals surface area contributed by atoms with Gasteiger partial charge in [-0.3, -0.25) is 9.36 Å². The maximum atomic E-state index is 13.2. The van der Waals surface area contributed by atoms with Gasteiger partial charge in [-0.05, 0) is 38.1 Å². The number of hydrogen-bond donors (Lipinski definition) is 1. The number of esters is 1. The lowest BCUT2D eigenvalue weighted by molar-refractivity contribution is -0.113. The molecule has 1 amide bonds. The minimum atomic E-state index is -0.480. The molecule has 180 valence electrons. The summed E-state index contributed by atoms with van der Waals surface area (Å²) < 4.78 is 25.7. The van der Waals surface area contributed by atoms with Crippen LogP contribution in [0.4, 0.5) is 9.39 Å². The number of rotatable bonds is 11. The molecule has 0 spiro atoms. The van der Waals surface area contributed by atoms with E-state index in [1.807, 2.05) is 6.92 Å². The van der Waals surface area contributed by atoms with E-state index in [1.54, 1.807) is 23.6 Å². The Morgan fingerprint density at radius 1 is 1.35 bits per heavy atom. The molecular weight excluding hydrogens is 503 g/mol. The summed E-state index contributed by atoms with van der Waals surface area (Å²) >= 11 is 8.48. The highest BCUT2D eigenvalue weighted by molar-refractivity contribution is 7.99. The molecule has 2 heterocycles. The van der Waals surface area contributed by atoms with E-state index in [0.717, 1.165) is 10.9 Å². The fourth-order valence-corrected chi connectivity index (χ4v) is 4.74. The van der Waals surface area contributed by atoms with Gasteiger partial charge in [0.2, 0.25) is 5.91 Å². The molecular formula is C22H22ClFN4O4S2. The number of ether oxygens (including phenoxy) is 2. The minimum absolute atomic E-state index is 0.0380. The molecule has 0 saturated heterocycles. The number of carbonyl (C=O) groups is 2. The normalized spacial score (nSPS) is 10.7. The summed E-state index contributed by atoms with van der Waals surface area (Å²) in [6.07, 6.45) is 1.67. The number of thioether (sulfide) groups is 1. The van der Waals surface area contributed by atoms with Crippen molar-refractivity contribution in [3.63, 3.8) is 0 Å². The molecule has 8 nitrogen and oxygen atoms in total. The molecule has 0 aliphatic rings. The third-order valence-corrected chi connectivity index (χ3v) is 6.52. The van der Waals surface area contributed by atoms with Gasteiger partial charge >= 0.3 is 5.97 Å². The number of nitrogens with one attached hydrogen (secondary N) is 1. The fourth-order valence-electron chi connectivity index (χ4n) is 2.84. The number of thiophene rings is 1. The van der Waals surface area contributed by atoms with Gasteiger partial charge in [-0.25, -0.2) is 9.18 Å². The SMILES string of the molecule is C=CCn1c(COc2ccc(F)cc2Cl)nnc1SCC(=O)Nc1sc(C)cc1C(=O)OCC. The predicted molar refractivity (Wildman–Crippen MR) is 130 cm³/mol. The number of hydrogen-bond acceptors (Lipinski definition) is 8. The molecule has 2 aromatic heterocycles. The predicted octanol–water partition coefficient (Wildman–Crippen LogP) is 5.11. The van der Waals surface area contributed by atoms with Crippen LogP contribution in [-0.2, 0) is 22.7 Å². The van der Waals surface area contributed by atoms with Crippen molar-refractivity contribution in [3.05, 3.63) is 64.0 Å². The average molecular weight is 525 g/mol. The molecule has 0 unspecified atom stereocenters. The van der Waals surface area contributed by atoms with E-state index in [4.69, 9.17) is 21.1 Å². The highest BCUT2D eigenvalue weighted by Gasteiger charge is 2.19. The van der Waals surface area contributed by atoms with E-state index in [1.165, 1.54) is 35.2 Å². The fraction of sp³-hybridized carbons (Fsp3) is 0.273. The van der Waals surface area contributed by atoms with Crippen molar-refractivity contribution in [1.29, 1.82) is 0 Å². The Bertz CT molecular complexity index is 1200. The Morgan fingerprint density at radius 2 is 2.15 bits per heavy atom. The molecule has 3 aromatic rings. The molecule has 1 N–H and O–H groups in total. The maximum absolute atomic E-state index is 13.2. The summed E-state index contributed by atoms with van der Waals surface area (Å²) in [5.41, 5.74) is 0.330. The highest BCUT2D eigenvalue weighted by Crippen LogP contribution is 2.29. The van der Waals surface area contributed by atoms with Gasteiger partial charge in [0.25, 0.3) is 0 Å². The molecule has 0 aliphatic carbocycles. The van der Waals surface area contributed by atoms with E-state index >= 15 is 0 Å². The van der Waals surface area contributed by atoms with Gasteiger partial charge in [-0.1, -0.05) is 29.4 Å². The second-order valence-electron chi connectivity index (χ2n) is 6.82. The minimum Gasteiger partial charge on any atom is -0.484 e. The van der Waals surface area contributed by atoms with E-state index in [0.29, 0.717) is 33.8 Å². The van der Waals surface area contributed by atoms with Crippen molar-refractivity contribution >= 4 is 51.6 Å². The first-order chi connectivity index (χ1) is 16.3. The van der Waals surface area contributed by atoms with E-state index in [-0.39, 0.29) is 29.9 Å². The van der Waals surface area contributed by atoms with Crippen LogP contribution in [0.3, 0.4) is 0 Å². The zero-order valence-corrected chi connectivity index (χ0v) is 20.9. The van der Waals surface area contributed by atoms with E-state index < -0.39 is 11.8 Å². The van der Waals surface area contributed by atoms with Crippen LogP contribution in [0.1, 0.15) is 28.0 Å². The number of amides is 1. The number of halogens is 2. The number of benzene rings is 1. The smallest absolute Gasteiger partial charge is 0.341 e. The number of aromatic nitrogens is 3. The number of carbonyl (C=O) groups excluding carboxylic acids is 2. The second-order valence-corrected chi connectivity index (χ2v) is 9.42. The Kier molecular flexibility index (Phi) is 9.08. The van der Waals surface area contributed by atoms with Crippen LogP contribution in [0.25, 0.3) is 0 Å². The van der Waals surface area contributed by atoms with Crippen molar-refractivity contribution in [3.8, 4) is 5.75 Å². The van der Waals surface area contributed by atoms with Crippen LogP contribution in [0.2, 0.25) is 5.02 Å². The molecule has 34 heavy (non-hydrogen) atoms. The molecule has 12 heteroatoms. The first kappa shape index (κ1) is 25.7. The van der Waals surface area contributed by atoms with E-state index in [9.17, 15) is 14.0 Å². The van der Waals surface area contributed by atoms with Crippen molar-refractivity contribution in [2.45, 2.75) is 32.2 Å². The summed E-state index contributed by atoms with van der Waals surface area (Å²) in [6.45, 7) is 7.99. The number of allylic oxidation sites excluding steroid dienone is 1. The third kappa shape index (κ3) is 6.58. The maximum Gasteiger partial charge on any atom is 0.341 e. The summed E-state index contributed by atoms with van der Waals surface area (Å²) in [4.78, 5) is 25.6. The van der Waals surface area contributed by atoms with Crippen molar-refractivity contribution in [2.75, 3.05) is 17.7 Å². The largest absolute Gasteiger partial charge is 0.484 e. The van der Waals surface area contributed by atoms with Crippen LogP contribution in [0.15, 0.2) is 42.1 Å². The Morgan fingerprint density at radius 3 is 2.85 bits per heavy atom. The standard InChI is InChI=1S/C22H22ClFN4O4S2/c1-4-8-28-18(11-32-17-7-6-14(24)10-16(17)23)26-27-22(28)33-12-19(29)25-20-15(9-13(3)34-20)21(30)31-5-2/h4,6-7,9-10H,1,5,8,11-12H2,2-3H3,(H,25,29). The van der Waals surface area contributed by atoms with Crippen molar-refractivity contribution in [1.82, 2.24) is 14.8 Å².